The lowest BCUT2D eigenvalue weighted by atomic mass is 10.2. The number of aromatic nitrogens is 2. The second kappa shape index (κ2) is 5.31. The van der Waals surface area contributed by atoms with Crippen LogP contribution in [0.2, 0.25) is 0 Å². The molecule has 2 N–H and O–H groups in total. The number of H-pyrrole nitrogens is 1. The number of aryl methyl sites for hydroxylation is 1. The molecule has 2 heterocycles. The van der Waals surface area contributed by atoms with Crippen LogP contribution in [0.3, 0.4) is 0 Å². The summed E-state index contributed by atoms with van der Waals surface area (Å²) < 4.78 is 5.60. The largest absolute Gasteiger partial charge is 0.371 e. The first-order valence-electron chi connectivity index (χ1n) is 6.21. The van der Waals surface area contributed by atoms with Crippen molar-refractivity contribution in [2.45, 2.75) is 39.2 Å². The summed E-state index contributed by atoms with van der Waals surface area (Å²) in [6, 6.07) is 0. The fraction of sp³-hybridized carbons (Fsp3) is 0.667. The van der Waals surface area contributed by atoms with Crippen LogP contribution in [-0.4, -0.2) is 29.0 Å². The van der Waals surface area contributed by atoms with Crippen molar-refractivity contribution in [3.05, 3.63) is 17.2 Å². The van der Waals surface area contributed by atoms with Gasteiger partial charge in [-0.2, -0.15) is 0 Å². The molecule has 0 unspecified atom stereocenters. The van der Waals surface area contributed by atoms with E-state index in [1.807, 2.05) is 6.92 Å². The molecule has 1 amide bonds. The van der Waals surface area contributed by atoms with Gasteiger partial charge in [0.05, 0.1) is 0 Å². The van der Waals surface area contributed by atoms with Gasteiger partial charge in [0.15, 0.2) is 0 Å². The van der Waals surface area contributed by atoms with E-state index in [9.17, 15) is 4.79 Å². The molecule has 17 heavy (non-hydrogen) atoms. The minimum absolute atomic E-state index is 0.0808. The molecule has 1 aromatic rings. The van der Waals surface area contributed by atoms with Gasteiger partial charge in [-0.05, 0) is 26.2 Å². The Labute approximate surface area is 101 Å². The average molecular weight is 237 g/mol. The highest BCUT2D eigenvalue weighted by Gasteiger charge is 2.22. The second-order valence-corrected chi connectivity index (χ2v) is 4.32. The normalized spacial score (nSPS) is 17.2. The average Bonchev–Trinajstić information content (AvgIpc) is 2.68. The van der Waals surface area contributed by atoms with Crippen molar-refractivity contribution in [1.29, 1.82) is 0 Å². The van der Waals surface area contributed by atoms with Crippen LogP contribution in [0, 0.1) is 0 Å². The monoisotopic (exact) mass is 237 g/mol. The summed E-state index contributed by atoms with van der Waals surface area (Å²) in [5.41, 5.74) is 1.46. The number of hydrogen-bond acceptors (Lipinski definition) is 3. The number of amides is 1. The molecule has 0 aromatic carbocycles. The van der Waals surface area contributed by atoms with E-state index in [4.69, 9.17) is 4.74 Å². The van der Waals surface area contributed by atoms with Crippen LogP contribution >= 0.6 is 0 Å². The van der Waals surface area contributed by atoms with E-state index < -0.39 is 0 Å². The molecule has 94 valence electrons. The molecule has 1 aliphatic heterocycles. The van der Waals surface area contributed by atoms with Gasteiger partial charge in [0.1, 0.15) is 17.6 Å². The minimum Gasteiger partial charge on any atom is -0.371 e. The summed E-state index contributed by atoms with van der Waals surface area (Å²) in [7, 11) is 0. The first-order chi connectivity index (χ1) is 8.22. The molecule has 0 saturated carbocycles. The van der Waals surface area contributed by atoms with Gasteiger partial charge in [-0.1, -0.05) is 6.92 Å². The molecule has 5 heteroatoms. The maximum absolute atomic E-state index is 11.7. The smallest absolute Gasteiger partial charge is 0.271 e. The van der Waals surface area contributed by atoms with E-state index in [1.165, 1.54) is 0 Å². The molecule has 0 radical (unpaired) electrons. The van der Waals surface area contributed by atoms with Crippen molar-refractivity contribution in [2.75, 3.05) is 13.2 Å². The molecular formula is C12H19N3O2. The Morgan fingerprint density at radius 3 is 3.12 bits per heavy atom. The number of rotatable bonds is 4. The van der Waals surface area contributed by atoms with Crippen LogP contribution in [0.4, 0.5) is 0 Å². The Morgan fingerprint density at radius 2 is 2.35 bits per heavy atom. The number of nitrogens with one attached hydrogen (secondary N) is 2. The lowest BCUT2D eigenvalue weighted by molar-refractivity contribution is 0.0606. The number of hydrogen-bond donors (Lipinski definition) is 2. The summed E-state index contributed by atoms with van der Waals surface area (Å²) in [4.78, 5) is 19.3. The van der Waals surface area contributed by atoms with Gasteiger partial charge in [0.25, 0.3) is 5.91 Å². The first-order valence-corrected chi connectivity index (χ1v) is 6.21. The third-order valence-electron chi connectivity index (χ3n) is 2.86. The lowest BCUT2D eigenvalue weighted by Gasteiger charge is -2.09. The predicted octanol–water partition coefficient (Wildman–Crippen LogP) is 1.57. The molecule has 2 rings (SSSR count). The number of fused-ring (bicyclic) bond motifs is 1. The number of carbonyl (C=O) groups is 1. The number of carbonyl (C=O) groups excluding carboxylic acids is 1. The Kier molecular flexibility index (Phi) is 3.78. The molecular weight excluding hydrogens is 218 g/mol. The van der Waals surface area contributed by atoms with E-state index in [1.54, 1.807) is 0 Å². The Balaban J connectivity index is 2.16. The van der Waals surface area contributed by atoms with Crippen LogP contribution in [0.15, 0.2) is 0 Å². The highest BCUT2D eigenvalue weighted by molar-refractivity contribution is 5.93. The fourth-order valence-electron chi connectivity index (χ4n) is 1.92. The van der Waals surface area contributed by atoms with Gasteiger partial charge in [0.2, 0.25) is 0 Å². The zero-order chi connectivity index (χ0) is 12.3. The fourth-order valence-corrected chi connectivity index (χ4v) is 1.92. The van der Waals surface area contributed by atoms with Gasteiger partial charge in [-0.15, -0.1) is 0 Å². The number of imidazole rings is 1. The molecule has 5 nitrogen and oxygen atoms in total. The summed E-state index contributed by atoms with van der Waals surface area (Å²) in [5.74, 6) is 0.670. The van der Waals surface area contributed by atoms with Crippen molar-refractivity contribution in [2.24, 2.45) is 0 Å². The number of ether oxygens (including phenoxy) is 1. The molecule has 0 fully saturated rings. The predicted molar refractivity (Wildman–Crippen MR) is 63.9 cm³/mol. The van der Waals surface area contributed by atoms with E-state index in [2.05, 4.69) is 22.2 Å². The number of nitrogens with zero attached hydrogens (tertiary/aromatic N) is 1. The molecule has 0 saturated heterocycles. The van der Waals surface area contributed by atoms with Crippen molar-refractivity contribution in [1.82, 2.24) is 15.3 Å². The minimum atomic E-state index is -0.0883. The molecule has 0 bridgehead atoms. The van der Waals surface area contributed by atoms with Crippen molar-refractivity contribution in [3.8, 4) is 0 Å². The van der Waals surface area contributed by atoms with Crippen LogP contribution < -0.4 is 5.32 Å². The third kappa shape index (κ3) is 2.66. The molecule has 1 aromatic heterocycles. The van der Waals surface area contributed by atoms with Gasteiger partial charge in [-0.25, -0.2) is 4.98 Å². The van der Waals surface area contributed by atoms with Crippen LogP contribution in [-0.2, 0) is 11.2 Å². The SMILES string of the molecule is CCCO[C@@H](C)c1nc2c([nH]1)CCCNC2=O. The van der Waals surface area contributed by atoms with Crippen molar-refractivity contribution in [3.63, 3.8) is 0 Å². The van der Waals surface area contributed by atoms with Crippen LogP contribution in [0.1, 0.15) is 54.8 Å². The molecule has 0 aliphatic carbocycles. The standard InChI is InChI=1S/C12H19N3O2/c1-3-7-17-8(2)11-14-9-5-4-6-13-12(16)10(9)15-11/h8H,3-7H2,1-2H3,(H,13,16)(H,14,15)/t8-/m0/s1. The van der Waals surface area contributed by atoms with Crippen molar-refractivity contribution >= 4 is 5.91 Å². The zero-order valence-corrected chi connectivity index (χ0v) is 10.4. The molecule has 0 spiro atoms. The Bertz CT molecular complexity index is 400. The van der Waals surface area contributed by atoms with Gasteiger partial charge >= 0.3 is 0 Å². The summed E-state index contributed by atoms with van der Waals surface area (Å²) >= 11 is 0. The van der Waals surface area contributed by atoms with Crippen LogP contribution in [0.25, 0.3) is 0 Å². The Morgan fingerprint density at radius 1 is 1.53 bits per heavy atom. The maximum atomic E-state index is 11.7. The highest BCUT2D eigenvalue weighted by Crippen LogP contribution is 2.18. The highest BCUT2D eigenvalue weighted by atomic mass is 16.5. The topological polar surface area (TPSA) is 67.0 Å². The first kappa shape index (κ1) is 12.1. The number of aromatic amines is 1. The molecule has 1 aliphatic rings. The van der Waals surface area contributed by atoms with E-state index in [0.29, 0.717) is 12.3 Å². The molecule has 1 atom stereocenters. The lowest BCUT2D eigenvalue weighted by Crippen LogP contribution is -2.23. The zero-order valence-electron chi connectivity index (χ0n) is 10.4. The van der Waals surface area contributed by atoms with Gasteiger partial charge in [0, 0.05) is 18.8 Å². The van der Waals surface area contributed by atoms with E-state index in [0.717, 1.165) is 37.3 Å². The Hall–Kier alpha value is -1.36. The second-order valence-electron chi connectivity index (χ2n) is 4.32. The van der Waals surface area contributed by atoms with Crippen LogP contribution in [0.5, 0.6) is 0 Å². The maximum Gasteiger partial charge on any atom is 0.271 e. The third-order valence-corrected chi connectivity index (χ3v) is 2.86. The summed E-state index contributed by atoms with van der Waals surface area (Å²) in [5, 5.41) is 2.83. The summed E-state index contributed by atoms with van der Waals surface area (Å²) in [6.07, 6.45) is 2.70. The van der Waals surface area contributed by atoms with E-state index in [-0.39, 0.29) is 12.0 Å². The quantitative estimate of drug-likeness (QED) is 0.835. The summed E-state index contributed by atoms with van der Waals surface area (Å²) in [6.45, 7) is 5.45. The van der Waals surface area contributed by atoms with Gasteiger partial charge in [-0.3, -0.25) is 4.79 Å². The van der Waals surface area contributed by atoms with Crippen molar-refractivity contribution < 1.29 is 9.53 Å². The van der Waals surface area contributed by atoms with E-state index >= 15 is 0 Å². The van der Waals surface area contributed by atoms with Gasteiger partial charge < -0.3 is 15.0 Å².